The number of furan rings is 1. The van der Waals surface area contributed by atoms with Crippen LogP contribution in [-0.4, -0.2) is 34.1 Å². The second-order valence-corrected chi connectivity index (χ2v) is 11.0. The Labute approximate surface area is 235 Å². The summed E-state index contributed by atoms with van der Waals surface area (Å²) in [5, 5.41) is 20.4. The van der Waals surface area contributed by atoms with Gasteiger partial charge in [0, 0.05) is 11.1 Å². The van der Waals surface area contributed by atoms with Crippen molar-refractivity contribution in [1.29, 1.82) is 0 Å². The molecule has 0 saturated heterocycles. The highest BCUT2D eigenvalue weighted by Crippen LogP contribution is 2.44. The molecule has 0 saturated carbocycles. The summed E-state index contributed by atoms with van der Waals surface area (Å²) < 4.78 is 24.8. The molecular weight excluding hydrogens is 553 g/mol. The zero-order valence-corrected chi connectivity index (χ0v) is 22.5. The zero-order chi connectivity index (χ0) is 27.8. The van der Waals surface area contributed by atoms with Crippen LogP contribution in [-0.2, 0) is 10.5 Å². The Morgan fingerprint density at radius 2 is 1.85 bits per heavy atom. The van der Waals surface area contributed by atoms with Crippen molar-refractivity contribution in [3.63, 3.8) is 0 Å². The molecule has 1 aliphatic heterocycles. The number of nitrogens with zero attached hydrogens (tertiary/aromatic N) is 3. The first kappa shape index (κ1) is 25.8. The molecule has 40 heavy (non-hydrogen) atoms. The summed E-state index contributed by atoms with van der Waals surface area (Å²) in [6.07, 6.45) is 0. The molecule has 3 aromatic carbocycles. The molecule has 0 bridgehead atoms. The van der Waals surface area contributed by atoms with Crippen LogP contribution in [0.25, 0.3) is 11.0 Å². The van der Waals surface area contributed by atoms with Crippen LogP contribution in [0.15, 0.2) is 99.0 Å². The van der Waals surface area contributed by atoms with Gasteiger partial charge >= 0.3 is 0 Å². The van der Waals surface area contributed by atoms with E-state index >= 15 is 0 Å². The molecule has 200 valence electrons. The second kappa shape index (κ2) is 10.6. The number of halogens is 1. The Kier molecular flexibility index (Phi) is 6.82. The average molecular weight is 574 g/mol. The van der Waals surface area contributed by atoms with Gasteiger partial charge in [-0.15, -0.1) is 10.2 Å². The number of ketones is 1. The summed E-state index contributed by atoms with van der Waals surface area (Å²) in [5.74, 6) is -1.26. The molecule has 6 rings (SSSR count). The zero-order valence-electron chi connectivity index (χ0n) is 20.9. The molecule has 1 N–H and O–H groups in total. The number of hydrogen-bond donors (Lipinski definition) is 1. The van der Waals surface area contributed by atoms with Gasteiger partial charge in [0.05, 0.1) is 18.7 Å². The van der Waals surface area contributed by atoms with Crippen LogP contribution in [0.4, 0.5) is 9.52 Å². The topological polar surface area (TPSA) is 106 Å². The smallest absolute Gasteiger partial charge is 0.296 e. The summed E-state index contributed by atoms with van der Waals surface area (Å²) >= 11 is 2.53. The van der Waals surface area contributed by atoms with E-state index in [0.717, 1.165) is 22.3 Å². The van der Waals surface area contributed by atoms with Crippen molar-refractivity contribution < 1.29 is 28.2 Å². The molecule has 8 nitrogen and oxygen atoms in total. The number of methoxy groups -OCH3 is 1. The third kappa shape index (κ3) is 4.74. The number of aliphatic hydroxyl groups is 1. The molecule has 1 atom stereocenters. The van der Waals surface area contributed by atoms with Crippen molar-refractivity contribution >= 4 is 50.9 Å². The number of carbonyl (C=O) groups is 2. The van der Waals surface area contributed by atoms with E-state index in [4.69, 9.17) is 9.15 Å². The summed E-state index contributed by atoms with van der Waals surface area (Å²) in [7, 11) is 1.54. The molecule has 1 aliphatic rings. The maximum Gasteiger partial charge on any atom is 0.296 e. The molecule has 0 aliphatic carbocycles. The van der Waals surface area contributed by atoms with Gasteiger partial charge in [0.1, 0.15) is 17.1 Å². The first-order chi connectivity index (χ1) is 19.4. The first-order valence-electron chi connectivity index (χ1n) is 12.1. The fourth-order valence-electron chi connectivity index (χ4n) is 4.45. The fourth-order valence-corrected chi connectivity index (χ4v) is 6.27. The van der Waals surface area contributed by atoms with Crippen LogP contribution in [0.3, 0.4) is 0 Å². The van der Waals surface area contributed by atoms with Gasteiger partial charge in [-0.05, 0) is 47.5 Å². The molecule has 11 heteroatoms. The molecule has 5 aromatic rings. The van der Waals surface area contributed by atoms with Gasteiger partial charge in [0.15, 0.2) is 15.9 Å². The van der Waals surface area contributed by atoms with E-state index in [-0.39, 0.29) is 22.3 Å². The lowest BCUT2D eigenvalue weighted by Crippen LogP contribution is -2.31. The van der Waals surface area contributed by atoms with E-state index < -0.39 is 23.5 Å². The quantitative estimate of drug-likeness (QED) is 0.127. The van der Waals surface area contributed by atoms with Crippen LogP contribution in [0, 0.1) is 5.82 Å². The highest BCUT2D eigenvalue weighted by atomic mass is 32.2. The Bertz CT molecular complexity index is 1730. The Hall–Kier alpha value is -4.48. The van der Waals surface area contributed by atoms with Gasteiger partial charge in [0.25, 0.3) is 5.91 Å². The number of amides is 1. The summed E-state index contributed by atoms with van der Waals surface area (Å²) in [5.41, 5.74) is 1.85. The third-order valence-corrected chi connectivity index (χ3v) is 8.54. The van der Waals surface area contributed by atoms with Crippen LogP contribution >= 0.6 is 23.1 Å². The van der Waals surface area contributed by atoms with Crippen molar-refractivity contribution in [3.8, 4) is 5.75 Å². The highest BCUT2D eigenvalue weighted by molar-refractivity contribution is 8.00. The number of rotatable bonds is 8. The maximum atomic E-state index is 13.8. The van der Waals surface area contributed by atoms with E-state index in [1.807, 2.05) is 12.1 Å². The van der Waals surface area contributed by atoms with Crippen molar-refractivity contribution in [2.45, 2.75) is 16.1 Å². The minimum atomic E-state index is -0.984. The monoisotopic (exact) mass is 573 g/mol. The van der Waals surface area contributed by atoms with Crippen LogP contribution < -0.4 is 9.64 Å². The number of para-hydroxylation sites is 1. The van der Waals surface area contributed by atoms with Crippen LogP contribution in [0.5, 0.6) is 5.75 Å². The molecule has 0 spiro atoms. The number of ether oxygens (including phenoxy) is 1. The first-order valence-corrected chi connectivity index (χ1v) is 13.9. The summed E-state index contributed by atoms with van der Waals surface area (Å²) in [6.45, 7) is 0. The summed E-state index contributed by atoms with van der Waals surface area (Å²) in [6, 6.07) is 20.8. The lowest BCUT2D eigenvalue weighted by molar-refractivity contribution is -0.117. The SMILES string of the molecule is COc1ccc(C2C(C(=O)c3cc4ccccc4o3)=C(O)C(=O)N2c2nnc(SCc3ccc(F)cc3)s2)cc1. The van der Waals surface area contributed by atoms with Gasteiger partial charge in [-0.1, -0.05) is 65.6 Å². The Morgan fingerprint density at radius 3 is 2.58 bits per heavy atom. The molecule has 2 aromatic heterocycles. The molecule has 1 unspecified atom stereocenters. The molecule has 1 amide bonds. The number of carbonyl (C=O) groups excluding carboxylic acids is 2. The molecular formula is C29H20FN3O5S2. The van der Waals surface area contributed by atoms with E-state index in [9.17, 15) is 19.1 Å². The van der Waals surface area contributed by atoms with Gasteiger partial charge in [0.2, 0.25) is 10.9 Å². The number of thioether (sulfide) groups is 1. The second-order valence-electron chi connectivity index (χ2n) is 8.86. The lowest BCUT2D eigenvalue weighted by atomic mass is 9.95. The number of aliphatic hydroxyl groups excluding tert-OH is 1. The van der Waals surface area contributed by atoms with Gasteiger partial charge in [-0.25, -0.2) is 4.39 Å². The number of Topliss-reactive ketones (excluding diaryl/α,β-unsaturated/α-hetero) is 1. The number of benzene rings is 3. The third-order valence-electron chi connectivity index (χ3n) is 6.41. The van der Waals surface area contributed by atoms with E-state index in [2.05, 4.69) is 10.2 Å². The van der Waals surface area contributed by atoms with Gasteiger partial charge in [-0.2, -0.15) is 0 Å². The van der Waals surface area contributed by atoms with Gasteiger partial charge < -0.3 is 14.3 Å². The lowest BCUT2D eigenvalue weighted by Gasteiger charge is -2.24. The largest absolute Gasteiger partial charge is 0.503 e. The van der Waals surface area contributed by atoms with E-state index in [0.29, 0.717) is 27.0 Å². The minimum Gasteiger partial charge on any atom is -0.503 e. The van der Waals surface area contributed by atoms with E-state index in [1.54, 1.807) is 54.6 Å². The summed E-state index contributed by atoms with van der Waals surface area (Å²) in [4.78, 5) is 28.5. The predicted octanol–water partition coefficient (Wildman–Crippen LogP) is 6.51. The van der Waals surface area contributed by atoms with Crippen molar-refractivity contribution in [1.82, 2.24) is 10.2 Å². The van der Waals surface area contributed by atoms with Crippen molar-refractivity contribution in [3.05, 3.63) is 113 Å². The predicted molar refractivity (Wildman–Crippen MR) is 149 cm³/mol. The molecule has 0 fully saturated rings. The van der Waals surface area contributed by atoms with Crippen LogP contribution in [0.1, 0.15) is 27.7 Å². The highest BCUT2D eigenvalue weighted by Gasteiger charge is 2.46. The molecule has 0 radical (unpaired) electrons. The normalized spacial score (nSPS) is 15.3. The van der Waals surface area contributed by atoms with Crippen molar-refractivity contribution in [2.75, 3.05) is 12.0 Å². The Balaban J connectivity index is 1.36. The van der Waals surface area contributed by atoms with E-state index in [1.165, 1.54) is 35.9 Å². The number of fused-ring (bicyclic) bond motifs is 1. The maximum absolute atomic E-state index is 13.8. The number of aromatic nitrogens is 2. The average Bonchev–Trinajstić information content (AvgIpc) is 3.69. The Morgan fingerprint density at radius 1 is 1.10 bits per heavy atom. The standard InChI is InChI=1S/C29H20FN3O5S2/c1-37-20-12-8-17(9-13-20)24-23(25(34)22-14-18-4-2-3-5-21(18)38-22)26(35)27(36)33(24)28-31-32-29(40-28)39-15-16-6-10-19(30)11-7-16/h2-14,24,35H,15H2,1H3. The van der Waals surface area contributed by atoms with Crippen LogP contribution in [0.2, 0.25) is 0 Å². The van der Waals surface area contributed by atoms with Crippen molar-refractivity contribution in [2.24, 2.45) is 0 Å². The minimum absolute atomic E-state index is 0.00344. The number of hydrogen-bond acceptors (Lipinski definition) is 9. The molecule has 3 heterocycles. The fraction of sp³-hybridized carbons (Fsp3) is 0.103. The van der Waals surface area contributed by atoms with Gasteiger partial charge in [-0.3, -0.25) is 14.5 Å². The number of anilines is 1.